The Bertz CT molecular complexity index is 1310. The summed E-state index contributed by atoms with van der Waals surface area (Å²) in [6.07, 6.45) is 2.27. The molecule has 2 aromatic heterocycles. The summed E-state index contributed by atoms with van der Waals surface area (Å²) in [5, 5.41) is 3.39. The average molecular weight is 505 g/mol. The lowest BCUT2D eigenvalue weighted by molar-refractivity contribution is -0.0562. The molecule has 37 heavy (non-hydrogen) atoms. The summed E-state index contributed by atoms with van der Waals surface area (Å²) in [5.74, 6) is 2.27. The number of aromatic nitrogens is 3. The van der Waals surface area contributed by atoms with Crippen LogP contribution in [0.5, 0.6) is 5.75 Å². The molecule has 1 N–H and O–H groups in total. The van der Waals surface area contributed by atoms with Crippen molar-refractivity contribution in [2.24, 2.45) is 5.41 Å². The predicted molar refractivity (Wildman–Crippen MR) is 145 cm³/mol. The first-order chi connectivity index (χ1) is 17.4. The van der Waals surface area contributed by atoms with Gasteiger partial charge in [0.2, 0.25) is 0 Å². The molecule has 9 heteroatoms. The highest BCUT2D eigenvalue weighted by molar-refractivity contribution is 5.88. The van der Waals surface area contributed by atoms with E-state index in [4.69, 9.17) is 14.5 Å². The Labute approximate surface area is 218 Å². The molecule has 0 unspecified atom stereocenters. The van der Waals surface area contributed by atoms with E-state index in [0.29, 0.717) is 17.9 Å². The molecule has 4 heterocycles. The highest BCUT2D eigenvalue weighted by atomic mass is 16.6. The van der Waals surface area contributed by atoms with Crippen LogP contribution in [0.3, 0.4) is 0 Å². The third-order valence-electron chi connectivity index (χ3n) is 6.52. The van der Waals surface area contributed by atoms with E-state index in [-0.39, 0.29) is 17.0 Å². The molecular formula is C28H36N6O3. The number of ether oxygens (including phenoxy) is 2. The first kappa shape index (κ1) is 25.0. The van der Waals surface area contributed by atoms with Gasteiger partial charge in [-0.1, -0.05) is 26.8 Å². The number of rotatable bonds is 5. The van der Waals surface area contributed by atoms with Crippen molar-refractivity contribution >= 4 is 34.4 Å². The number of nitrogens with one attached hydrogen (secondary N) is 1. The number of likely N-dealkylation sites (tertiary alicyclic amines) is 1. The molecule has 1 aromatic carbocycles. The standard InChI is InChI=1S/C28H36N6O3/c1-26(2,3)17-36-20-9-7-8-19(14-20)31-24-23-21(29-18-30-24)10-11-22(32-23)33-15-28(16-33)12-13-34(28)25(35)37-27(4,5)6/h7-11,14,18H,12-13,15-17H2,1-6H3,(H,29,30,31). The van der Waals surface area contributed by atoms with Crippen molar-refractivity contribution < 1.29 is 14.3 Å². The van der Waals surface area contributed by atoms with Crippen LogP contribution in [-0.2, 0) is 4.74 Å². The van der Waals surface area contributed by atoms with Crippen molar-refractivity contribution in [1.82, 2.24) is 19.9 Å². The minimum Gasteiger partial charge on any atom is -0.493 e. The number of fused-ring (bicyclic) bond motifs is 1. The fraction of sp³-hybridized carbons (Fsp3) is 0.500. The molecular weight excluding hydrogens is 468 g/mol. The molecule has 0 bridgehead atoms. The molecule has 1 spiro atoms. The van der Waals surface area contributed by atoms with Gasteiger partial charge >= 0.3 is 6.09 Å². The van der Waals surface area contributed by atoms with Crippen LogP contribution in [0.15, 0.2) is 42.7 Å². The Morgan fingerprint density at radius 3 is 2.54 bits per heavy atom. The van der Waals surface area contributed by atoms with Gasteiger partial charge in [0, 0.05) is 31.4 Å². The van der Waals surface area contributed by atoms with Gasteiger partial charge in [-0.3, -0.25) is 4.90 Å². The minimum atomic E-state index is -0.501. The van der Waals surface area contributed by atoms with Gasteiger partial charge in [0.15, 0.2) is 5.82 Å². The highest BCUT2D eigenvalue weighted by Gasteiger charge is 2.56. The molecule has 0 saturated carbocycles. The van der Waals surface area contributed by atoms with E-state index in [2.05, 4.69) is 41.0 Å². The Balaban J connectivity index is 1.31. The van der Waals surface area contributed by atoms with Crippen molar-refractivity contribution in [2.75, 3.05) is 36.5 Å². The van der Waals surface area contributed by atoms with Crippen molar-refractivity contribution in [2.45, 2.75) is 59.1 Å². The smallest absolute Gasteiger partial charge is 0.410 e. The van der Waals surface area contributed by atoms with Crippen LogP contribution in [0.2, 0.25) is 0 Å². The van der Waals surface area contributed by atoms with E-state index in [1.54, 1.807) is 0 Å². The first-order valence-corrected chi connectivity index (χ1v) is 12.8. The molecule has 2 aliphatic heterocycles. The van der Waals surface area contributed by atoms with E-state index in [9.17, 15) is 4.79 Å². The first-order valence-electron chi connectivity index (χ1n) is 12.8. The number of nitrogens with zero attached hydrogens (tertiary/aromatic N) is 5. The predicted octanol–water partition coefficient (Wildman–Crippen LogP) is 5.39. The molecule has 1 amide bonds. The largest absolute Gasteiger partial charge is 0.493 e. The molecule has 0 atom stereocenters. The number of hydrogen-bond donors (Lipinski definition) is 1. The lowest BCUT2D eigenvalue weighted by Gasteiger charge is -2.62. The number of carbonyl (C=O) groups is 1. The lowest BCUT2D eigenvalue weighted by Crippen LogP contribution is -2.78. The van der Waals surface area contributed by atoms with E-state index in [0.717, 1.165) is 48.8 Å². The van der Waals surface area contributed by atoms with E-state index in [1.807, 2.05) is 62.1 Å². The molecule has 196 valence electrons. The van der Waals surface area contributed by atoms with E-state index < -0.39 is 5.60 Å². The zero-order chi connectivity index (χ0) is 26.4. The summed E-state index contributed by atoms with van der Waals surface area (Å²) in [6.45, 7) is 14.9. The quantitative estimate of drug-likeness (QED) is 0.494. The minimum absolute atomic E-state index is 0.0749. The van der Waals surface area contributed by atoms with Crippen molar-refractivity contribution in [1.29, 1.82) is 0 Å². The topological polar surface area (TPSA) is 92.7 Å². The fourth-order valence-corrected chi connectivity index (χ4v) is 4.59. The molecule has 0 radical (unpaired) electrons. The summed E-state index contributed by atoms with van der Waals surface area (Å²) in [4.78, 5) is 30.5. The maximum absolute atomic E-state index is 12.6. The molecule has 2 fully saturated rings. The second-order valence-electron chi connectivity index (χ2n) is 12.2. The van der Waals surface area contributed by atoms with E-state index in [1.165, 1.54) is 6.33 Å². The lowest BCUT2D eigenvalue weighted by atomic mass is 9.78. The molecule has 2 saturated heterocycles. The third-order valence-corrected chi connectivity index (χ3v) is 6.52. The van der Waals surface area contributed by atoms with Crippen LogP contribution in [0, 0.1) is 5.41 Å². The van der Waals surface area contributed by atoms with Crippen LogP contribution in [0.1, 0.15) is 48.0 Å². The second-order valence-corrected chi connectivity index (χ2v) is 12.2. The Morgan fingerprint density at radius 1 is 1.08 bits per heavy atom. The number of anilines is 3. The number of pyridine rings is 1. The van der Waals surface area contributed by atoms with Gasteiger partial charge in [0.05, 0.1) is 17.7 Å². The maximum atomic E-state index is 12.6. The van der Waals surface area contributed by atoms with Crippen LogP contribution in [0.4, 0.5) is 22.1 Å². The van der Waals surface area contributed by atoms with Crippen LogP contribution in [0.25, 0.3) is 11.0 Å². The van der Waals surface area contributed by atoms with E-state index >= 15 is 0 Å². The van der Waals surface area contributed by atoms with Gasteiger partial charge in [-0.05, 0) is 56.9 Å². The molecule has 9 nitrogen and oxygen atoms in total. The second kappa shape index (κ2) is 9.04. The third kappa shape index (κ3) is 5.40. The van der Waals surface area contributed by atoms with Crippen molar-refractivity contribution in [3.63, 3.8) is 0 Å². The van der Waals surface area contributed by atoms with Crippen molar-refractivity contribution in [3.05, 3.63) is 42.7 Å². The van der Waals surface area contributed by atoms with Gasteiger partial charge in [0.25, 0.3) is 0 Å². The zero-order valence-electron chi connectivity index (χ0n) is 22.5. The van der Waals surface area contributed by atoms with Crippen LogP contribution < -0.4 is 15.0 Å². The fourth-order valence-electron chi connectivity index (χ4n) is 4.59. The Morgan fingerprint density at radius 2 is 1.86 bits per heavy atom. The highest BCUT2D eigenvalue weighted by Crippen LogP contribution is 2.42. The van der Waals surface area contributed by atoms with Crippen molar-refractivity contribution in [3.8, 4) is 5.75 Å². The molecule has 3 aromatic rings. The number of carbonyl (C=O) groups excluding carboxylic acids is 1. The average Bonchev–Trinajstić information content (AvgIpc) is 2.75. The molecule has 5 rings (SSSR count). The molecule has 2 aliphatic rings. The summed E-state index contributed by atoms with van der Waals surface area (Å²) in [5.41, 5.74) is 1.73. The molecule has 0 aliphatic carbocycles. The maximum Gasteiger partial charge on any atom is 0.410 e. The SMILES string of the molecule is CC(C)(C)COc1cccc(Nc2ncnc3ccc(N4CC5(CCN5C(=O)OC(C)(C)C)C4)nc23)c1. The van der Waals surface area contributed by atoms with Crippen LogP contribution in [-0.4, -0.2) is 63.3 Å². The monoisotopic (exact) mass is 504 g/mol. The van der Waals surface area contributed by atoms with Gasteiger partial charge < -0.3 is 19.7 Å². The van der Waals surface area contributed by atoms with Gasteiger partial charge in [-0.25, -0.2) is 19.7 Å². The summed E-state index contributed by atoms with van der Waals surface area (Å²) >= 11 is 0. The number of benzene rings is 1. The van der Waals surface area contributed by atoms with Gasteiger partial charge in [0.1, 0.15) is 29.0 Å². The van der Waals surface area contributed by atoms with Gasteiger partial charge in [-0.15, -0.1) is 0 Å². The normalized spacial score (nSPS) is 16.8. The zero-order valence-corrected chi connectivity index (χ0v) is 22.5. The number of amides is 1. The Hall–Kier alpha value is -3.62. The Kier molecular flexibility index (Phi) is 6.12. The summed E-state index contributed by atoms with van der Waals surface area (Å²) < 4.78 is 11.6. The number of hydrogen-bond acceptors (Lipinski definition) is 8. The summed E-state index contributed by atoms with van der Waals surface area (Å²) in [6, 6.07) is 11.8. The van der Waals surface area contributed by atoms with Crippen LogP contribution >= 0.6 is 0 Å². The summed E-state index contributed by atoms with van der Waals surface area (Å²) in [7, 11) is 0. The van der Waals surface area contributed by atoms with Gasteiger partial charge in [-0.2, -0.15) is 0 Å².